The molecule has 72 valence electrons. The second-order valence-electron chi connectivity index (χ2n) is 2.11. The third kappa shape index (κ3) is 7.02. The van der Waals surface area contributed by atoms with E-state index in [1.54, 1.807) is 6.26 Å². The Morgan fingerprint density at radius 2 is 1.77 bits per heavy atom. The summed E-state index contributed by atoms with van der Waals surface area (Å²) >= 11 is 0. The minimum atomic E-state index is -1.33. The molecule has 0 bridgehead atoms. The average molecular weight is 201 g/mol. The van der Waals surface area contributed by atoms with Crippen LogP contribution >= 0.6 is 0 Å². The quantitative estimate of drug-likeness (QED) is 0.712. The summed E-state index contributed by atoms with van der Waals surface area (Å²) in [6.07, 6.45) is 0.343. The molecule has 0 aromatic heterocycles. The molecule has 1 unspecified atom stereocenters. The predicted octanol–water partition coefficient (Wildman–Crippen LogP) is 1.05. The molecule has 1 aromatic rings. The topological polar surface area (TPSA) is 80.4 Å². The molecule has 1 amide bonds. The monoisotopic (exact) mass is 201 g/mol. The summed E-state index contributed by atoms with van der Waals surface area (Å²) in [6.45, 7) is 0. The molecular formula is C8H11NO3S. The number of amides is 1. The Bertz CT molecular complexity index is 283. The van der Waals surface area contributed by atoms with Crippen molar-refractivity contribution in [1.29, 1.82) is 0 Å². The molecule has 0 aliphatic rings. The highest BCUT2D eigenvalue weighted by molar-refractivity contribution is 7.84. The highest BCUT2D eigenvalue weighted by Gasteiger charge is 1.90. The third-order valence-electron chi connectivity index (χ3n) is 1.08. The van der Waals surface area contributed by atoms with E-state index in [-0.39, 0.29) is 0 Å². The summed E-state index contributed by atoms with van der Waals surface area (Å²) in [6, 6.07) is 9.40. The zero-order valence-electron chi connectivity index (χ0n) is 7.14. The van der Waals surface area contributed by atoms with Gasteiger partial charge in [0.25, 0.3) is 0 Å². The van der Waals surface area contributed by atoms with Gasteiger partial charge in [-0.1, -0.05) is 18.2 Å². The number of primary amides is 1. The molecule has 1 aromatic carbocycles. The van der Waals surface area contributed by atoms with Gasteiger partial charge in [-0.05, 0) is 12.1 Å². The Hall–Kier alpha value is -1.36. The molecule has 4 nitrogen and oxygen atoms in total. The van der Waals surface area contributed by atoms with E-state index in [4.69, 9.17) is 9.90 Å². The van der Waals surface area contributed by atoms with E-state index in [1.165, 1.54) is 0 Å². The van der Waals surface area contributed by atoms with Gasteiger partial charge in [0.05, 0.1) is 0 Å². The molecule has 0 fully saturated rings. The van der Waals surface area contributed by atoms with E-state index >= 15 is 0 Å². The molecule has 0 aliphatic carbocycles. The van der Waals surface area contributed by atoms with Crippen LogP contribution in [0.5, 0.6) is 0 Å². The van der Waals surface area contributed by atoms with Crippen LogP contribution in [0.4, 0.5) is 4.79 Å². The molecule has 0 heterocycles. The van der Waals surface area contributed by atoms with Crippen LogP contribution in [0.1, 0.15) is 0 Å². The summed E-state index contributed by atoms with van der Waals surface area (Å²) in [4.78, 5) is 9.66. The molecular weight excluding hydrogens is 190 g/mol. The number of benzene rings is 1. The molecule has 0 spiro atoms. The molecule has 1 rings (SSSR count). The van der Waals surface area contributed by atoms with Crippen molar-refractivity contribution in [2.24, 2.45) is 5.73 Å². The van der Waals surface area contributed by atoms with Gasteiger partial charge >= 0.3 is 6.09 Å². The van der Waals surface area contributed by atoms with Crippen LogP contribution in [0.2, 0.25) is 0 Å². The minimum Gasteiger partial charge on any atom is -0.465 e. The second kappa shape index (κ2) is 6.19. The molecule has 0 saturated carbocycles. The molecule has 0 radical (unpaired) electrons. The molecule has 5 heteroatoms. The Morgan fingerprint density at radius 3 is 2.00 bits per heavy atom. The van der Waals surface area contributed by atoms with Crippen LogP contribution in [0, 0.1) is 0 Å². The van der Waals surface area contributed by atoms with Gasteiger partial charge in [-0.3, -0.25) is 4.21 Å². The third-order valence-corrected chi connectivity index (χ3v) is 2.01. The molecule has 13 heavy (non-hydrogen) atoms. The number of carboxylic acid groups (broad SMARTS) is 1. The van der Waals surface area contributed by atoms with E-state index in [9.17, 15) is 4.21 Å². The van der Waals surface area contributed by atoms with Crippen molar-refractivity contribution in [3.8, 4) is 0 Å². The average Bonchev–Trinajstić information content (AvgIpc) is 2.05. The standard InChI is InChI=1S/C7H8OS.CH3NO2/c1-9(8)7-5-3-2-4-6-7;2-1(3)4/h2-6H,1H3;2H2,(H,3,4). The Morgan fingerprint density at radius 1 is 1.38 bits per heavy atom. The first kappa shape index (κ1) is 11.6. The van der Waals surface area contributed by atoms with Crippen molar-refractivity contribution in [2.75, 3.05) is 6.26 Å². The lowest BCUT2D eigenvalue weighted by atomic mass is 10.4. The first-order valence-electron chi connectivity index (χ1n) is 3.41. The van der Waals surface area contributed by atoms with Crippen molar-refractivity contribution in [2.45, 2.75) is 4.90 Å². The summed E-state index contributed by atoms with van der Waals surface area (Å²) in [5.41, 5.74) is 4.03. The zero-order valence-corrected chi connectivity index (χ0v) is 7.95. The highest BCUT2D eigenvalue weighted by Crippen LogP contribution is 2.01. The van der Waals surface area contributed by atoms with Gasteiger partial charge < -0.3 is 10.8 Å². The Labute approximate surface area is 78.8 Å². The van der Waals surface area contributed by atoms with E-state index in [1.807, 2.05) is 30.3 Å². The maximum Gasteiger partial charge on any atom is 0.402 e. The van der Waals surface area contributed by atoms with Gasteiger partial charge in [0.2, 0.25) is 0 Å². The van der Waals surface area contributed by atoms with Gasteiger partial charge in [0, 0.05) is 22.0 Å². The van der Waals surface area contributed by atoms with Gasteiger partial charge in [-0.25, -0.2) is 4.79 Å². The maximum absolute atomic E-state index is 10.8. The predicted molar refractivity (Wildman–Crippen MR) is 51.0 cm³/mol. The molecule has 0 aliphatic heterocycles. The normalized spacial score (nSPS) is 10.8. The van der Waals surface area contributed by atoms with E-state index < -0.39 is 16.9 Å². The highest BCUT2D eigenvalue weighted by atomic mass is 32.2. The fourth-order valence-corrected chi connectivity index (χ4v) is 1.15. The fraction of sp³-hybridized carbons (Fsp3) is 0.125. The first-order chi connectivity index (χ1) is 6.04. The van der Waals surface area contributed by atoms with Crippen LogP contribution in [-0.2, 0) is 10.8 Å². The summed E-state index contributed by atoms with van der Waals surface area (Å²) in [5, 5.41) is 7.19. The lowest BCUT2D eigenvalue weighted by Crippen LogP contribution is -2.03. The van der Waals surface area contributed by atoms with E-state index in [0.29, 0.717) is 0 Å². The fourth-order valence-electron chi connectivity index (χ4n) is 0.612. The van der Waals surface area contributed by atoms with Gasteiger partial charge in [-0.2, -0.15) is 0 Å². The summed E-state index contributed by atoms with van der Waals surface area (Å²) in [5.74, 6) is 0. The van der Waals surface area contributed by atoms with Crippen LogP contribution in [0.15, 0.2) is 35.2 Å². The van der Waals surface area contributed by atoms with Crippen molar-refractivity contribution >= 4 is 16.9 Å². The number of rotatable bonds is 1. The number of hydrogen-bond acceptors (Lipinski definition) is 2. The van der Waals surface area contributed by atoms with Crippen molar-refractivity contribution in [3.63, 3.8) is 0 Å². The lowest BCUT2D eigenvalue weighted by molar-refractivity contribution is 0.205. The van der Waals surface area contributed by atoms with Crippen molar-refractivity contribution < 1.29 is 14.1 Å². The summed E-state index contributed by atoms with van der Waals surface area (Å²) in [7, 11) is -0.829. The van der Waals surface area contributed by atoms with E-state index in [0.717, 1.165) is 4.90 Å². The maximum atomic E-state index is 10.8. The van der Waals surface area contributed by atoms with Gasteiger partial charge in [-0.15, -0.1) is 0 Å². The minimum absolute atomic E-state index is 0.829. The Balaban J connectivity index is 0.000000310. The summed E-state index contributed by atoms with van der Waals surface area (Å²) < 4.78 is 10.8. The SMILES string of the molecule is CS(=O)c1ccccc1.NC(=O)O. The van der Waals surface area contributed by atoms with Crippen LogP contribution in [0.3, 0.4) is 0 Å². The molecule has 0 saturated heterocycles. The van der Waals surface area contributed by atoms with E-state index in [2.05, 4.69) is 5.73 Å². The largest absolute Gasteiger partial charge is 0.465 e. The van der Waals surface area contributed by atoms with Crippen molar-refractivity contribution in [3.05, 3.63) is 30.3 Å². The zero-order chi connectivity index (χ0) is 10.3. The van der Waals surface area contributed by atoms with Crippen LogP contribution in [0.25, 0.3) is 0 Å². The molecule has 1 atom stereocenters. The first-order valence-corrected chi connectivity index (χ1v) is 4.96. The van der Waals surface area contributed by atoms with Gasteiger partial charge in [0.1, 0.15) is 0 Å². The lowest BCUT2D eigenvalue weighted by Gasteiger charge is -1.90. The number of nitrogens with two attached hydrogens (primary N) is 1. The number of carbonyl (C=O) groups is 1. The van der Waals surface area contributed by atoms with Gasteiger partial charge in [0.15, 0.2) is 0 Å². The second-order valence-corrected chi connectivity index (χ2v) is 3.49. The van der Waals surface area contributed by atoms with Crippen LogP contribution < -0.4 is 5.73 Å². The van der Waals surface area contributed by atoms with Crippen LogP contribution in [-0.4, -0.2) is 21.7 Å². The number of hydrogen-bond donors (Lipinski definition) is 2. The molecule has 3 N–H and O–H groups in total. The Kier molecular flexibility index (Phi) is 5.54. The smallest absolute Gasteiger partial charge is 0.402 e. The van der Waals surface area contributed by atoms with Crippen molar-refractivity contribution in [1.82, 2.24) is 0 Å².